The van der Waals surface area contributed by atoms with Crippen LogP contribution in [0.15, 0.2) is 60.7 Å². The summed E-state index contributed by atoms with van der Waals surface area (Å²) in [7, 11) is 1.36. The molecule has 2 rings (SSSR count). The van der Waals surface area contributed by atoms with Crippen molar-refractivity contribution in [1.29, 1.82) is 0 Å². The van der Waals surface area contributed by atoms with Gasteiger partial charge in [0.1, 0.15) is 0 Å². The minimum atomic E-state index is -0.910. The van der Waals surface area contributed by atoms with Gasteiger partial charge in [0.15, 0.2) is 0 Å². The summed E-state index contributed by atoms with van der Waals surface area (Å²) in [5.41, 5.74) is 2.72. The van der Waals surface area contributed by atoms with Gasteiger partial charge in [-0.15, -0.1) is 0 Å². The number of ether oxygens (including phenoxy) is 1. The first-order valence-corrected chi connectivity index (χ1v) is 7.25. The molecular weight excluding hydrogens is 292 g/mol. The number of methoxy groups -OCH3 is 1. The first kappa shape index (κ1) is 16.5. The Hall–Kier alpha value is -2.88. The fourth-order valence-corrected chi connectivity index (χ4v) is 2.23. The molecule has 0 radical (unpaired) electrons. The summed E-state index contributed by atoms with van der Waals surface area (Å²) in [5, 5.41) is 9.13. The van der Waals surface area contributed by atoms with E-state index in [4.69, 9.17) is 5.11 Å². The van der Waals surface area contributed by atoms with Crippen LogP contribution in [0.5, 0.6) is 0 Å². The van der Waals surface area contributed by atoms with Gasteiger partial charge in [0.2, 0.25) is 0 Å². The van der Waals surface area contributed by atoms with Crippen molar-refractivity contribution in [2.24, 2.45) is 0 Å². The molecule has 0 unspecified atom stereocenters. The lowest BCUT2D eigenvalue weighted by atomic mass is 10.0. The molecule has 4 nitrogen and oxygen atoms in total. The molecule has 0 bridgehead atoms. The van der Waals surface area contributed by atoms with Crippen molar-refractivity contribution in [3.8, 4) is 0 Å². The molecule has 1 N–H and O–H groups in total. The zero-order chi connectivity index (χ0) is 16.7. The van der Waals surface area contributed by atoms with Crippen LogP contribution < -0.4 is 0 Å². The molecule has 118 valence electrons. The summed E-state index contributed by atoms with van der Waals surface area (Å²) in [4.78, 5) is 22.5. The standard InChI is InChI=1S/C19H18O4/c1-23-19(22)16-12-10-14(11-13-16)6-2-3-7-15-8-4-5-9-17(15)18(20)21/h2-5,8-13H,6-7H2,1H3,(H,20,21). The van der Waals surface area contributed by atoms with E-state index in [1.54, 1.807) is 24.3 Å². The van der Waals surface area contributed by atoms with Crippen molar-refractivity contribution < 1.29 is 19.4 Å². The van der Waals surface area contributed by atoms with E-state index in [1.807, 2.05) is 36.4 Å². The Morgan fingerprint density at radius 3 is 2.30 bits per heavy atom. The third kappa shape index (κ3) is 4.54. The minimum Gasteiger partial charge on any atom is -0.478 e. The average molecular weight is 310 g/mol. The second-order valence-electron chi connectivity index (χ2n) is 5.03. The smallest absolute Gasteiger partial charge is 0.337 e. The second-order valence-corrected chi connectivity index (χ2v) is 5.03. The molecule has 0 aliphatic rings. The van der Waals surface area contributed by atoms with Crippen LogP contribution in [0.1, 0.15) is 31.8 Å². The van der Waals surface area contributed by atoms with Crippen LogP contribution in [0.25, 0.3) is 0 Å². The Bertz CT molecular complexity index is 714. The predicted molar refractivity (Wildman–Crippen MR) is 87.7 cm³/mol. The van der Waals surface area contributed by atoms with Gasteiger partial charge >= 0.3 is 11.9 Å². The molecular formula is C19H18O4. The summed E-state index contributed by atoms with van der Waals surface area (Å²) in [6.45, 7) is 0. The van der Waals surface area contributed by atoms with Gasteiger partial charge in [-0.05, 0) is 42.2 Å². The molecule has 0 amide bonds. The molecule has 0 aliphatic carbocycles. The Morgan fingerprint density at radius 1 is 1.00 bits per heavy atom. The Labute approximate surface area is 135 Å². The maximum atomic E-state index is 11.3. The molecule has 0 aliphatic heterocycles. The molecule has 0 aromatic heterocycles. The quantitative estimate of drug-likeness (QED) is 0.655. The molecule has 0 saturated heterocycles. The monoisotopic (exact) mass is 310 g/mol. The fraction of sp³-hybridized carbons (Fsp3) is 0.158. The molecule has 23 heavy (non-hydrogen) atoms. The lowest BCUT2D eigenvalue weighted by molar-refractivity contribution is 0.0599. The molecule has 0 heterocycles. The van der Waals surface area contributed by atoms with Gasteiger partial charge in [0.25, 0.3) is 0 Å². The normalized spacial score (nSPS) is 10.7. The first-order chi connectivity index (χ1) is 11.1. The topological polar surface area (TPSA) is 63.6 Å². The zero-order valence-electron chi connectivity index (χ0n) is 12.9. The number of rotatable bonds is 6. The van der Waals surface area contributed by atoms with Gasteiger partial charge in [0, 0.05) is 0 Å². The van der Waals surface area contributed by atoms with Crippen molar-refractivity contribution in [2.45, 2.75) is 12.8 Å². The van der Waals surface area contributed by atoms with E-state index >= 15 is 0 Å². The summed E-state index contributed by atoms with van der Waals surface area (Å²) in [6, 6.07) is 14.2. The van der Waals surface area contributed by atoms with Crippen molar-refractivity contribution >= 4 is 11.9 Å². The highest BCUT2D eigenvalue weighted by Gasteiger charge is 2.07. The number of hydrogen-bond donors (Lipinski definition) is 1. The van der Waals surface area contributed by atoms with Gasteiger partial charge in [0.05, 0.1) is 18.2 Å². The summed E-state index contributed by atoms with van der Waals surface area (Å²) >= 11 is 0. The number of carboxylic acids is 1. The van der Waals surface area contributed by atoms with E-state index in [1.165, 1.54) is 7.11 Å². The van der Waals surface area contributed by atoms with E-state index in [2.05, 4.69) is 4.74 Å². The lowest BCUT2D eigenvalue weighted by Gasteiger charge is -2.03. The number of allylic oxidation sites excluding steroid dienone is 2. The second kappa shape index (κ2) is 7.94. The number of hydrogen-bond acceptors (Lipinski definition) is 3. The molecule has 0 atom stereocenters. The predicted octanol–water partition coefficient (Wildman–Crippen LogP) is 3.51. The van der Waals surface area contributed by atoms with Crippen LogP contribution >= 0.6 is 0 Å². The summed E-state index contributed by atoms with van der Waals surface area (Å²) in [6.07, 6.45) is 5.24. The van der Waals surface area contributed by atoms with Crippen molar-refractivity contribution in [3.63, 3.8) is 0 Å². The molecule has 0 spiro atoms. The third-order valence-electron chi connectivity index (χ3n) is 3.48. The van der Waals surface area contributed by atoms with E-state index < -0.39 is 5.97 Å². The number of carboxylic acid groups (broad SMARTS) is 1. The lowest BCUT2D eigenvalue weighted by Crippen LogP contribution is -2.01. The molecule has 4 heteroatoms. The van der Waals surface area contributed by atoms with Crippen molar-refractivity contribution in [1.82, 2.24) is 0 Å². The largest absolute Gasteiger partial charge is 0.478 e. The van der Waals surface area contributed by atoms with Crippen LogP contribution in [0.3, 0.4) is 0 Å². The summed E-state index contributed by atoms with van der Waals surface area (Å²) in [5.74, 6) is -1.26. The zero-order valence-corrected chi connectivity index (χ0v) is 12.9. The number of carbonyl (C=O) groups excluding carboxylic acids is 1. The first-order valence-electron chi connectivity index (χ1n) is 7.25. The molecule has 0 saturated carbocycles. The molecule has 2 aromatic rings. The van der Waals surface area contributed by atoms with Crippen LogP contribution in [0.2, 0.25) is 0 Å². The Morgan fingerprint density at radius 2 is 1.65 bits per heavy atom. The van der Waals surface area contributed by atoms with E-state index in [-0.39, 0.29) is 5.97 Å². The Balaban J connectivity index is 1.95. The van der Waals surface area contributed by atoms with Crippen LogP contribution in [0, 0.1) is 0 Å². The summed E-state index contributed by atoms with van der Waals surface area (Å²) < 4.78 is 4.65. The number of benzene rings is 2. The van der Waals surface area contributed by atoms with Crippen LogP contribution in [-0.4, -0.2) is 24.2 Å². The van der Waals surface area contributed by atoms with Gasteiger partial charge < -0.3 is 9.84 Å². The van der Waals surface area contributed by atoms with E-state index in [0.29, 0.717) is 17.5 Å². The SMILES string of the molecule is COC(=O)c1ccc(CC=CCc2ccccc2C(=O)O)cc1. The number of carbonyl (C=O) groups is 2. The highest BCUT2D eigenvalue weighted by molar-refractivity contribution is 5.89. The third-order valence-corrected chi connectivity index (χ3v) is 3.48. The molecule has 0 fully saturated rings. The number of aromatic carboxylic acids is 1. The van der Waals surface area contributed by atoms with E-state index in [9.17, 15) is 9.59 Å². The minimum absolute atomic E-state index is 0.333. The molecule has 2 aromatic carbocycles. The Kier molecular flexibility index (Phi) is 5.69. The maximum Gasteiger partial charge on any atom is 0.337 e. The van der Waals surface area contributed by atoms with Gasteiger partial charge in [-0.1, -0.05) is 42.5 Å². The van der Waals surface area contributed by atoms with Gasteiger partial charge in [-0.25, -0.2) is 9.59 Å². The van der Waals surface area contributed by atoms with Crippen molar-refractivity contribution in [2.75, 3.05) is 7.11 Å². The number of esters is 1. The average Bonchev–Trinajstić information content (AvgIpc) is 2.58. The van der Waals surface area contributed by atoms with Crippen LogP contribution in [-0.2, 0) is 17.6 Å². The van der Waals surface area contributed by atoms with E-state index in [0.717, 1.165) is 17.5 Å². The highest BCUT2D eigenvalue weighted by Crippen LogP contribution is 2.11. The van der Waals surface area contributed by atoms with Crippen LogP contribution in [0.4, 0.5) is 0 Å². The van der Waals surface area contributed by atoms with Gasteiger partial charge in [-0.2, -0.15) is 0 Å². The fourth-order valence-electron chi connectivity index (χ4n) is 2.23. The highest BCUT2D eigenvalue weighted by atomic mass is 16.5. The van der Waals surface area contributed by atoms with Gasteiger partial charge in [-0.3, -0.25) is 0 Å². The van der Waals surface area contributed by atoms with Crippen molar-refractivity contribution in [3.05, 3.63) is 82.9 Å². The maximum absolute atomic E-state index is 11.3.